The lowest BCUT2D eigenvalue weighted by atomic mass is 10.0. The number of anilines is 1. The number of aromatic nitrogens is 4. The second kappa shape index (κ2) is 10.8. The summed E-state index contributed by atoms with van der Waals surface area (Å²) in [5.41, 5.74) is 12.0. The van der Waals surface area contributed by atoms with E-state index < -0.39 is 57.0 Å². The van der Waals surface area contributed by atoms with Crippen LogP contribution in [0.25, 0.3) is 11.2 Å². The van der Waals surface area contributed by atoms with Crippen LogP contribution in [0, 0.1) is 5.92 Å². The van der Waals surface area contributed by atoms with Crippen molar-refractivity contribution in [3.05, 3.63) is 40.7 Å². The quantitative estimate of drug-likeness (QED) is 0.265. The Morgan fingerprint density at radius 3 is 2.77 bits per heavy atom. The first-order valence-electron chi connectivity index (χ1n) is 13.3. The molecule has 4 unspecified atom stereocenters. The first kappa shape index (κ1) is 29.2. The average molecular weight is 659 g/mol. The van der Waals surface area contributed by atoms with Crippen molar-refractivity contribution in [2.45, 2.75) is 55.9 Å². The molecule has 43 heavy (non-hydrogen) atoms. The van der Waals surface area contributed by atoms with Gasteiger partial charge in [-0.1, -0.05) is 6.08 Å². The zero-order valence-corrected chi connectivity index (χ0v) is 24.8. The summed E-state index contributed by atoms with van der Waals surface area (Å²) in [6.45, 7) is -4.65. The van der Waals surface area contributed by atoms with Crippen LogP contribution in [0.4, 0.5) is 5.95 Å². The van der Waals surface area contributed by atoms with Crippen molar-refractivity contribution in [2.75, 3.05) is 18.9 Å². The normalized spacial score (nSPS) is 41.3. The first-order chi connectivity index (χ1) is 20.5. The summed E-state index contributed by atoms with van der Waals surface area (Å²) >= 11 is 5.33. The number of nitrogens with one attached hydrogen (secondary N) is 1. The number of phosphoric acid groups is 1. The third kappa shape index (κ3) is 5.60. The highest BCUT2D eigenvalue weighted by atomic mass is 32.5. The average Bonchev–Trinajstić information content (AvgIpc) is 3.71. The maximum atomic E-state index is 13.1. The van der Waals surface area contributed by atoms with E-state index in [0.717, 1.165) is 0 Å². The fourth-order valence-corrected chi connectivity index (χ4v) is 8.22. The number of hydrogen-bond donors (Lipinski definition) is 5. The molecule has 7 rings (SSSR count). The van der Waals surface area contributed by atoms with Gasteiger partial charge in [0.25, 0.3) is 5.56 Å². The molecule has 7 N–H and O–H groups in total. The van der Waals surface area contributed by atoms with Crippen LogP contribution in [-0.2, 0) is 43.9 Å². The van der Waals surface area contributed by atoms with E-state index in [1.165, 1.54) is 10.9 Å². The van der Waals surface area contributed by atoms with Crippen molar-refractivity contribution in [1.82, 2.24) is 24.4 Å². The van der Waals surface area contributed by atoms with Crippen molar-refractivity contribution < 1.29 is 41.9 Å². The lowest BCUT2D eigenvalue weighted by Gasteiger charge is -2.32. The van der Waals surface area contributed by atoms with E-state index in [-0.39, 0.29) is 55.3 Å². The monoisotopic (exact) mass is 658 g/mol. The number of allylic oxidation sites excluding steroid dienone is 1. The molecule has 0 radical (unpaired) electrons. The van der Waals surface area contributed by atoms with E-state index in [1.54, 1.807) is 12.3 Å². The number of dihydropyridines is 1. The van der Waals surface area contributed by atoms with Gasteiger partial charge >= 0.3 is 14.5 Å². The van der Waals surface area contributed by atoms with Gasteiger partial charge in [-0.3, -0.25) is 28.4 Å². The zero-order valence-electron chi connectivity index (χ0n) is 22.2. The van der Waals surface area contributed by atoms with E-state index >= 15 is 0 Å². The molecule has 0 aromatic carbocycles. The largest absolute Gasteiger partial charge is 0.472 e. The molecule has 7 heterocycles. The lowest BCUT2D eigenvalue weighted by molar-refractivity contribution is -0.0774. The van der Waals surface area contributed by atoms with Crippen LogP contribution in [-0.4, -0.2) is 90.4 Å². The van der Waals surface area contributed by atoms with Crippen LogP contribution in [0.5, 0.6) is 0 Å². The first-order valence-corrected chi connectivity index (χ1v) is 17.3. The highest BCUT2D eigenvalue weighted by Crippen LogP contribution is 2.53. The highest BCUT2D eigenvalue weighted by Gasteiger charge is 2.48. The number of hydrogen-bond acceptors (Lipinski definition) is 15. The van der Waals surface area contributed by atoms with Crippen LogP contribution < -0.4 is 17.0 Å². The van der Waals surface area contributed by atoms with E-state index in [2.05, 4.69) is 19.9 Å². The van der Waals surface area contributed by atoms with E-state index in [0.29, 0.717) is 5.70 Å². The van der Waals surface area contributed by atoms with Gasteiger partial charge in [-0.15, -0.1) is 0 Å². The van der Waals surface area contributed by atoms with Gasteiger partial charge in [0.2, 0.25) is 5.95 Å². The predicted molar refractivity (Wildman–Crippen MR) is 151 cm³/mol. The van der Waals surface area contributed by atoms with Crippen LogP contribution in [0.2, 0.25) is 0 Å². The van der Waals surface area contributed by atoms with Gasteiger partial charge in [0.05, 0.1) is 31.6 Å². The zero-order chi connectivity index (χ0) is 30.1. The number of nitrogens with two attached hydrogens (primary N) is 2. The molecule has 5 aliphatic rings. The molecule has 10 atom stereocenters. The number of aliphatic imine (C=N–C) groups is 1. The number of H-pyrrole nitrogens is 1. The highest BCUT2D eigenvalue weighted by molar-refractivity contribution is 8.07. The minimum absolute atomic E-state index is 0.00522. The molecular formula is C22H28N8O10P2S. The summed E-state index contributed by atoms with van der Waals surface area (Å²) in [7, 11) is -4.64. The molecular weight excluding hydrogens is 630 g/mol. The standard InChI is InChI=1S/C22H28N8O10P2S/c23-12-1-3-25-18-11(12)2-4-29(18)16-6-13-15(38-16)8-36-42(34,43)40-14-5-10(7-35-41(32,33)39-13)37-21(14)30-9-26-17-19(30)27-22(24)28-20(17)31/h1-4,9-11,13-16,18,21H,5-8,23H2,(H,32,33)(H,34,43)(H3,24,27,28,31)/t10-,11?,13-,14+,15+,16+,18?,21+,42?/m0/s1. The molecule has 0 saturated carbocycles. The van der Waals surface area contributed by atoms with E-state index in [1.807, 2.05) is 17.2 Å². The third-order valence-electron chi connectivity index (χ3n) is 7.73. The Morgan fingerprint density at radius 2 is 1.93 bits per heavy atom. The van der Waals surface area contributed by atoms with Gasteiger partial charge in [-0.25, -0.2) is 9.55 Å². The minimum Gasteiger partial charge on any atom is -0.401 e. The summed E-state index contributed by atoms with van der Waals surface area (Å²) in [5, 5.41) is 0. The smallest absolute Gasteiger partial charge is 0.401 e. The summed E-state index contributed by atoms with van der Waals surface area (Å²) in [5.74, 6) is -0.295. The Bertz CT molecular complexity index is 1680. The Balaban J connectivity index is 1.13. The minimum atomic E-state index is -4.64. The van der Waals surface area contributed by atoms with Crippen molar-refractivity contribution in [3.8, 4) is 0 Å². The lowest BCUT2D eigenvalue weighted by Crippen LogP contribution is -2.41. The third-order valence-corrected chi connectivity index (χ3v) is 10.3. The van der Waals surface area contributed by atoms with Gasteiger partial charge in [-0.05, 0) is 17.9 Å². The second-order valence-corrected chi connectivity index (χ2v) is 14.7. The summed E-state index contributed by atoms with van der Waals surface area (Å²) in [6.07, 6.45) is 2.90. The molecule has 3 fully saturated rings. The van der Waals surface area contributed by atoms with Gasteiger partial charge in [0.1, 0.15) is 30.7 Å². The Morgan fingerprint density at radius 1 is 1.09 bits per heavy atom. The van der Waals surface area contributed by atoms with E-state index in [9.17, 15) is 19.1 Å². The van der Waals surface area contributed by atoms with Gasteiger partial charge in [0, 0.05) is 31.0 Å². The second-order valence-electron chi connectivity index (χ2n) is 10.5. The van der Waals surface area contributed by atoms with Crippen LogP contribution in [0.15, 0.2) is 40.2 Å². The van der Waals surface area contributed by atoms with Crippen LogP contribution in [0.3, 0.4) is 0 Å². The van der Waals surface area contributed by atoms with Crippen molar-refractivity contribution >= 4 is 49.7 Å². The summed E-state index contributed by atoms with van der Waals surface area (Å²) in [4.78, 5) is 50.9. The van der Waals surface area contributed by atoms with E-state index in [4.69, 9.17) is 50.8 Å². The predicted octanol–water partition coefficient (Wildman–Crippen LogP) is -0.0627. The Kier molecular flexibility index (Phi) is 7.34. The fraction of sp³-hybridized carbons (Fsp3) is 0.545. The molecule has 232 valence electrons. The number of rotatable bonds is 2. The molecule has 2 aromatic rings. The SMILES string of the molecule is NC1=CC=NC2C1C=CN2[C@H]1C[C@@H]2OP(=O)(O)OC[C@@H]3C[C@@H](OP(O)(=S)OC[C@H]2O1)[C@H](n1cnc2c(=O)[nH]c(N)nc21)O3. The molecule has 0 aliphatic carbocycles. The van der Waals surface area contributed by atoms with Gasteiger partial charge in [-0.2, -0.15) is 4.98 Å². The fourth-order valence-electron chi connectivity index (χ4n) is 5.80. The number of fused-ring (bicyclic) bond motifs is 5. The number of phosphoric ester groups is 1. The number of imidazole rings is 1. The summed E-state index contributed by atoms with van der Waals surface area (Å²) in [6, 6.07) is 0. The molecule has 0 amide bonds. The van der Waals surface area contributed by atoms with Crippen LogP contribution >= 0.6 is 14.5 Å². The molecule has 3 saturated heterocycles. The topological polar surface area (TPSA) is 244 Å². The molecule has 2 bridgehead atoms. The Hall–Kier alpha value is -2.54. The van der Waals surface area contributed by atoms with Crippen molar-refractivity contribution in [1.29, 1.82) is 0 Å². The molecule has 2 aromatic heterocycles. The van der Waals surface area contributed by atoms with Crippen molar-refractivity contribution in [3.63, 3.8) is 0 Å². The number of aromatic amines is 1. The number of nitrogen functional groups attached to an aromatic ring is 1. The molecule has 21 heteroatoms. The molecule has 5 aliphatic heterocycles. The molecule has 0 spiro atoms. The van der Waals surface area contributed by atoms with Gasteiger partial charge in [0.15, 0.2) is 17.4 Å². The van der Waals surface area contributed by atoms with Crippen LogP contribution in [0.1, 0.15) is 19.1 Å². The number of ether oxygens (including phenoxy) is 2. The maximum Gasteiger partial charge on any atom is 0.472 e. The Labute approximate surface area is 248 Å². The summed E-state index contributed by atoms with van der Waals surface area (Å²) < 4.78 is 49.2. The maximum absolute atomic E-state index is 13.1. The number of nitrogens with zero attached hydrogens (tertiary/aromatic N) is 5. The van der Waals surface area contributed by atoms with Gasteiger partial charge < -0.3 is 44.7 Å². The molecule has 18 nitrogen and oxygen atoms in total. The van der Waals surface area contributed by atoms with Crippen molar-refractivity contribution in [2.24, 2.45) is 16.6 Å².